The summed E-state index contributed by atoms with van der Waals surface area (Å²) < 4.78 is 0. The zero-order valence-corrected chi connectivity index (χ0v) is 18.5. The molecular formula is C31H20N2O. The molecule has 0 spiro atoms. The van der Waals surface area contributed by atoms with Crippen molar-refractivity contribution in [3.8, 4) is 22.3 Å². The first-order valence-corrected chi connectivity index (χ1v) is 11.1. The Morgan fingerprint density at radius 3 is 2.03 bits per heavy atom. The molecule has 0 fully saturated rings. The van der Waals surface area contributed by atoms with Gasteiger partial charge < -0.3 is 0 Å². The van der Waals surface area contributed by atoms with E-state index in [-0.39, 0.29) is 5.78 Å². The van der Waals surface area contributed by atoms with E-state index in [0.717, 1.165) is 49.6 Å². The van der Waals surface area contributed by atoms with E-state index >= 15 is 0 Å². The van der Waals surface area contributed by atoms with Gasteiger partial charge in [-0.1, -0.05) is 86.0 Å². The summed E-state index contributed by atoms with van der Waals surface area (Å²) in [6.07, 6.45) is 5.04. The van der Waals surface area contributed by atoms with Crippen LogP contribution in [-0.2, 0) is 0 Å². The van der Waals surface area contributed by atoms with Gasteiger partial charge in [0.2, 0.25) is 5.78 Å². The molecule has 0 saturated carbocycles. The standard InChI is InChI=1S/C31H20N2O/c1-3-22-23(4-2)31(34)30-27-24(15-16-32-29(22)27)26-18-21(19-11-7-5-8-12-19)17-25(28(26)33-30)20-13-9-6-10-14-20/h3-18H,1-2H2. The Morgan fingerprint density at radius 1 is 0.676 bits per heavy atom. The van der Waals surface area contributed by atoms with E-state index in [2.05, 4.69) is 54.5 Å². The SMILES string of the molecule is C=CC1=C(C=C)c2nccc3c2c(nc2c(-c4ccccc4)cc(-c4ccccc4)cc23)C1=O. The second-order valence-corrected chi connectivity index (χ2v) is 8.26. The molecule has 0 N–H and O–H groups in total. The highest BCUT2D eigenvalue weighted by molar-refractivity contribution is 6.29. The Morgan fingerprint density at radius 2 is 1.35 bits per heavy atom. The number of rotatable bonds is 4. The minimum Gasteiger partial charge on any atom is -0.287 e. The highest BCUT2D eigenvalue weighted by atomic mass is 16.1. The first-order valence-electron chi connectivity index (χ1n) is 11.1. The molecule has 6 rings (SSSR count). The molecule has 2 aromatic heterocycles. The summed E-state index contributed by atoms with van der Waals surface area (Å²) >= 11 is 0. The Balaban J connectivity index is 1.81. The number of carbonyl (C=O) groups is 1. The van der Waals surface area contributed by atoms with Gasteiger partial charge in [0.15, 0.2) is 0 Å². The number of pyridine rings is 2. The van der Waals surface area contributed by atoms with E-state index in [1.807, 2.05) is 42.5 Å². The molecule has 0 unspecified atom stereocenters. The summed E-state index contributed by atoms with van der Waals surface area (Å²) in [6.45, 7) is 7.79. The Labute approximate surface area is 197 Å². The zero-order valence-electron chi connectivity index (χ0n) is 18.5. The fourth-order valence-corrected chi connectivity index (χ4v) is 4.84. The van der Waals surface area contributed by atoms with E-state index in [9.17, 15) is 4.79 Å². The molecule has 1 aliphatic rings. The monoisotopic (exact) mass is 436 g/mol. The molecule has 1 aliphatic carbocycles. The summed E-state index contributed by atoms with van der Waals surface area (Å²) in [7, 11) is 0. The van der Waals surface area contributed by atoms with E-state index in [1.165, 1.54) is 0 Å². The lowest BCUT2D eigenvalue weighted by molar-refractivity contribution is 0.103. The number of benzene rings is 3. The van der Waals surface area contributed by atoms with Crippen molar-refractivity contribution in [3.63, 3.8) is 0 Å². The molecular weight excluding hydrogens is 416 g/mol. The van der Waals surface area contributed by atoms with Crippen LogP contribution in [0.15, 0.2) is 116 Å². The third kappa shape index (κ3) is 2.87. The summed E-state index contributed by atoms with van der Waals surface area (Å²) in [6, 6.07) is 26.8. The maximum Gasteiger partial charge on any atom is 0.212 e. The number of ketones is 1. The third-order valence-corrected chi connectivity index (χ3v) is 6.42. The van der Waals surface area contributed by atoms with Crippen LogP contribution in [0.3, 0.4) is 0 Å². The second-order valence-electron chi connectivity index (χ2n) is 8.26. The molecule has 2 heterocycles. The Kier molecular flexibility index (Phi) is 4.56. The van der Waals surface area contributed by atoms with Crippen molar-refractivity contribution in [2.75, 3.05) is 0 Å². The largest absolute Gasteiger partial charge is 0.287 e. The van der Waals surface area contributed by atoms with Crippen LogP contribution in [0.4, 0.5) is 0 Å². The first kappa shape index (κ1) is 20.0. The van der Waals surface area contributed by atoms with Gasteiger partial charge in [0.1, 0.15) is 5.69 Å². The van der Waals surface area contributed by atoms with Gasteiger partial charge in [-0.2, -0.15) is 0 Å². The molecule has 0 amide bonds. The van der Waals surface area contributed by atoms with Crippen LogP contribution >= 0.6 is 0 Å². The lowest BCUT2D eigenvalue weighted by Gasteiger charge is -2.21. The van der Waals surface area contributed by atoms with Crippen LogP contribution in [0.25, 0.3) is 49.5 Å². The number of hydrogen-bond acceptors (Lipinski definition) is 3. The van der Waals surface area contributed by atoms with Crippen LogP contribution in [0.2, 0.25) is 0 Å². The van der Waals surface area contributed by atoms with Gasteiger partial charge in [0.05, 0.1) is 11.2 Å². The number of allylic oxidation sites excluding steroid dienone is 4. The number of carbonyl (C=O) groups excluding carboxylic acids is 1. The van der Waals surface area contributed by atoms with Gasteiger partial charge in [-0.05, 0) is 40.3 Å². The van der Waals surface area contributed by atoms with Gasteiger partial charge >= 0.3 is 0 Å². The van der Waals surface area contributed by atoms with Crippen LogP contribution < -0.4 is 0 Å². The van der Waals surface area contributed by atoms with Gasteiger partial charge in [0, 0.05) is 33.7 Å². The predicted octanol–water partition coefficient (Wildman–Crippen LogP) is 7.44. The molecule has 160 valence electrons. The zero-order chi connectivity index (χ0) is 23.2. The van der Waals surface area contributed by atoms with E-state index in [4.69, 9.17) is 4.98 Å². The molecule has 0 saturated heterocycles. The Hall–Kier alpha value is -4.63. The van der Waals surface area contributed by atoms with Crippen LogP contribution in [-0.4, -0.2) is 15.8 Å². The molecule has 5 aromatic rings. The predicted molar refractivity (Wildman–Crippen MR) is 140 cm³/mol. The lowest BCUT2D eigenvalue weighted by Crippen LogP contribution is -2.14. The fourth-order valence-electron chi connectivity index (χ4n) is 4.84. The summed E-state index contributed by atoms with van der Waals surface area (Å²) in [4.78, 5) is 23.1. The van der Waals surface area contributed by atoms with Crippen molar-refractivity contribution in [1.82, 2.24) is 9.97 Å². The number of nitrogens with zero attached hydrogens (tertiary/aromatic N) is 2. The molecule has 0 radical (unpaired) electrons. The quantitative estimate of drug-likeness (QED) is 0.275. The molecule has 0 atom stereocenters. The number of fused-ring (bicyclic) bond motifs is 2. The van der Waals surface area contributed by atoms with Crippen LogP contribution in [0, 0.1) is 0 Å². The van der Waals surface area contributed by atoms with E-state index < -0.39 is 0 Å². The molecule has 0 bridgehead atoms. The normalized spacial score (nSPS) is 12.9. The second kappa shape index (κ2) is 7.75. The Bertz CT molecular complexity index is 1680. The van der Waals surface area contributed by atoms with E-state index in [0.29, 0.717) is 16.8 Å². The van der Waals surface area contributed by atoms with E-state index in [1.54, 1.807) is 18.3 Å². The maximum atomic E-state index is 13.5. The van der Waals surface area contributed by atoms with Crippen molar-refractivity contribution in [1.29, 1.82) is 0 Å². The maximum absolute atomic E-state index is 13.5. The minimum atomic E-state index is -0.150. The topological polar surface area (TPSA) is 42.9 Å². The lowest BCUT2D eigenvalue weighted by atomic mass is 9.86. The molecule has 34 heavy (non-hydrogen) atoms. The van der Waals surface area contributed by atoms with Crippen molar-refractivity contribution in [3.05, 3.63) is 127 Å². The smallest absolute Gasteiger partial charge is 0.212 e. The summed E-state index contributed by atoms with van der Waals surface area (Å²) in [5.74, 6) is -0.150. The summed E-state index contributed by atoms with van der Waals surface area (Å²) in [5, 5.41) is 2.71. The fraction of sp³-hybridized carbons (Fsp3) is 0. The summed E-state index contributed by atoms with van der Waals surface area (Å²) in [5.41, 5.74) is 7.36. The number of aromatic nitrogens is 2. The number of Topliss-reactive ketones (excluding diaryl/α,β-unsaturated/α-hetero) is 1. The molecule has 3 heteroatoms. The van der Waals surface area contributed by atoms with Crippen molar-refractivity contribution in [2.24, 2.45) is 0 Å². The van der Waals surface area contributed by atoms with Gasteiger partial charge in [0.25, 0.3) is 0 Å². The van der Waals surface area contributed by atoms with Crippen molar-refractivity contribution >= 4 is 33.0 Å². The average Bonchev–Trinajstić information content (AvgIpc) is 2.90. The third-order valence-electron chi connectivity index (χ3n) is 6.42. The van der Waals surface area contributed by atoms with Crippen molar-refractivity contribution in [2.45, 2.75) is 0 Å². The molecule has 3 aromatic carbocycles. The van der Waals surface area contributed by atoms with Gasteiger partial charge in [-0.3, -0.25) is 9.78 Å². The number of hydrogen-bond donors (Lipinski definition) is 0. The average molecular weight is 437 g/mol. The minimum absolute atomic E-state index is 0.150. The molecule has 0 aliphatic heterocycles. The van der Waals surface area contributed by atoms with Crippen LogP contribution in [0.1, 0.15) is 16.2 Å². The van der Waals surface area contributed by atoms with Crippen molar-refractivity contribution < 1.29 is 4.79 Å². The highest BCUT2D eigenvalue weighted by Gasteiger charge is 2.29. The van der Waals surface area contributed by atoms with Gasteiger partial charge in [-0.15, -0.1) is 0 Å². The van der Waals surface area contributed by atoms with Crippen LogP contribution in [0.5, 0.6) is 0 Å². The molecule has 3 nitrogen and oxygen atoms in total. The van der Waals surface area contributed by atoms with Gasteiger partial charge in [-0.25, -0.2) is 4.98 Å². The highest BCUT2D eigenvalue weighted by Crippen LogP contribution is 2.41. The first-order chi connectivity index (χ1) is 16.7.